The summed E-state index contributed by atoms with van der Waals surface area (Å²) < 4.78 is 5.76. The number of carboxylic acid groups (broad SMARTS) is 1. The van der Waals surface area contributed by atoms with Gasteiger partial charge in [0.2, 0.25) is 0 Å². The summed E-state index contributed by atoms with van der Waals surface area (Å²) in [7, 11) is 0. The van der Waals surface area contributed by atoms with E-state index in [-0.39, 0.29) is 0 Å². The molecule has 2 aromatic carbocycles. The highest BCUT2D eigenvalue weighted by molar-refractivity contribution is 5.86. The highest BCUT2D eigenvalue weighted by atomic mass is 16.5. The molecule has 94 valence electrons. The molecule has 2 N–H and O–H groups in total. The van der Waals surface area contributed by atoms with Crippen molar-refractivity contribution in [1.82, 2.24) is 0 Å². The first-order valence-corrected chi connectivity index (χ1v) is 5.81. The van der Waals surface area contributed by atoms with Crippen molar-refractivity contribution in [3.8, 4) is 11.5 Å². The van der Waals surface area contributed by atoms with E-state index in [1.807, 2.05) is 42.5 Å². The minimum Gasteiger partial charge on any atom is -0.478 e. The van der Waals surface area contributed by atoms with Crippen LogP contribution in [-0.4, -0.2) is 11.1 Å². The number of rotatable bonds is 2. The number of para-hydroxylation sites is 2. The van der Waals surface area contributed by atoms with Crippen LogP contribution in [0.4, 0.5) is 11.4 Å². The summed E-state index contributed by atoms with van der Waals surface area (Å²) in [5, 5.41) is 11.9. The van der Waals surface area contributed by atoms with Gasteiger partial charge >= 0.3 is 5.97 Å². The predicted molar refractivity (Wildman–Crippen MR) is 72.9 cm³/mol. The maximum Gasteiger partial charge on any atom is 0.328 e. The molecule has 4 heteroatoms. The number of carboxylic acids is 1. The van der Waals surface area contributed by atoms with Crippen molar-refractivity contribution < 1.29 is 14.6 Å². The fourth-order valence-corrected chi connectivity index (χ4v) is 1.93. The van der Waals surface area contributed by atoms with E-state index < -0.39 is 5.97 Å². The molecule has 1 aliphatic rings. The van der Waals surface area contributed by atoms with Crippen molar-refractivity contribution in [2.45, 2.75) is 0 Å². The van der Waals surface area contributed by atoms with Gasteiger partial charge in [0.1, 0.15) is 0 Å². The molecule has 0 spiro atoms. The largest absolute Gasteiger partial charge is 0.478 e. The highest BCUT2D eigenvalue weighted by Gasteiger charge is 2.15. The number of hydrogen-bond donors (Lipinski definition) is 2. The van der Waals surface area contributed by atoms with E-state index in [0.717, 1.165) is 34.5 Å². The van der Waals surface area contributed by atoms with Gasteiger partial charge in [-0.2, -0.15) is 0 Å². The fourth-order valence-electron chi connectivity index (χ4n) is 1.93. The summed E-state index contributed by atoms with van der Waals surface area (Å²) in [6.07, 6.45) is 2.66. The molecular weight excluding hydrogens is 242 g/mol. The van der Waals surface area contributed by atoms with E-state index in [0.29, 0.717) is 0 Å². The molecule has 0 saturated heterocycles. The second-order valence-electron chi connectivity index (χ2n) is 4.15. The number of hydrogen-bond acceptors (Lipinski definition) is 3. The fraction of sp³-hybridized carbons (Fsp3) is 0. The van der Waals surface area contributed by atoms with Crippen LogP contribution in [0.3, 0.4) is 0 Å². The standard InChI is InChI=1S/C15H11NO3/c17-15(18)8-6-10-5-7-14-12(9-10)16-11-3-1-2-4-13(11)19-14/h1-9,16H,(H,17,18)/b8-6+. The number of carbonyl (C=O) groups is 1. The highest BCUT2D eigenvalue weighted by Crippen LogP contribution is 2.41. The molecule has 0 fully saturated rings. The predicted octanol–water partition coefficient (Wildman–Crippen LogP) is 3.63. The monoisotopic (exact) mass is 253 g/mol. The number of aliphatic carboxylic acids is 1. The van der Waals surface area contributed by atoms with Crippen LogP contribution in [0, 0.1) is 0 Å². The van der Waals surface area contributed by atoms with Crippen molar-refractivity contribution in [2.75, 3.05) is 5.32 Å². The van der Waals surface area contributed by atoms with Gasteiger partial charge in [-0.05, 0) is 35.9 Å². The third kappa shape index (κ3) is 2.28. The van der Waals surface area contributed by atoms with Gasteiger partial charge < -0.3 is 15.2 Å². The van der Waals surface area contributed by atoms with Crippen LogP contribution in [0.5, 0.6) is 11.5 Å². The first-order chi connectivity index (χ1) is 9.22. The van der Waals surface area contributed by atoms with Crippen LogP contribution in [0.1, 0.15) is 5.56 Å². The average Bonchev–Trinajstić information content (AvgIpc) is 2.42. The van der Waals surface area contributed by atoms with Crippen molar-refractivity contribution in [3.05, 3.63) is 54.1 Å². The van der Waals surface area contributed by atoms with Crippen molar-refractivity contribution in [3.63, 3.8) is 0 Å². The number of ether oxygens (including phenoxy) is 1. The Balaban J connectivity index is 1.94. The van der Waals surface area contributed by atoms with Gasteiger partial charge in [0, 0.05) is 6.08 Å². The summed E-state index contributed by atoms with van der Waals surface area (Å²) >= 11 is 0. The Morgan fingerprint density at radius 2 is 1.89 bits per heavy atom. The van der Waals surface area contributed by atoms with E-state index in [1.165, 1.54) is 0 Å². The summed E-state index contributed by atoms with van der Waals surface area (Å²) in [6.45, 7) is 0. The Bertz CT molecular complexity index is 677. The molecule has 0 radical (unpaired) electrons. The van der Waals surface area contributed by atoms with Gasteiger partial charge in [0.25, 0.3) is 0 Å². The zero-order chi connectivity index (χ0) is 13.2. The lowest BCUT2D eigenvalue weighted by Crippen LogP contribution is -2.02. The van der Waals surface area contributed by atoms with Crippen LogP contribution < -0.4 is 10.1 Å². The molecular formula is C15H11NO3. The van der Waals surface area contributed by atoms with Gasteiger partial charge in [-0.1, -0.05) is 18.2 Å². The average molecular weight is 253 g/mol. The minimum atomic E-state index is -0.965. The third-order valence-corrected chi connectivity index (χ3v) is 2.80. The van der Waals surface area contributed by atoms with Crippen LogP contribution in [-0.2, 0) is 4.79 Å². The molecule has 1 aliphatic heterocycles. The van der Waals surface area contributed by atoms with Gasteiger partial charge in [0.05, 0.1) is 11.4 Å². The molecule has 0 bridgehead atoms. The zero-order valence-corrected chi connectivity index (χ0v) is 9.96. The molecule has 0 aliphatic carbocycles. The Hall–Kier alpha value is -2.75. The number of anilines is 2. The summed E-state index contributed by atoms with van der Waals surface area (Å²) in [5.41, 5.74) is 2.53. The minimum absolute atomic E-state index is 0.728. The van der Waals surface area contributed by atoms with Crippen LogP contribution in [0.2, 0.25) is 0 Å². The van der Waals surface area contributed by atoms with Crippen LogP contribution >= 0.6 is 0 Å². The number of fused-ring (bicyclic) bond motifs is 2. The summed E-state index contributed by atoms with van der Waals surface area (Å²) in [6, 6.07) is 13.1. The summed E-state index contributed by atoms with van der Waals surface area (Å²) in [4.78, 5) is 10.5. The third-order valence-electron chi connectivity index (χ3n) is 2.80. The second-order valence-corrected chi connectivity index (χ2v) is 4.15. The molecule has 0 saturated carbocycles. The van der Waals surface area contributed by atoms with Gasteiger partial charge in [-0.25, -0.2) is 4.79 Å². The zero-order valence-electron chi connectivity index (χ0n) is 9.96. The van der Waals surface area contributed by atoms with Crippen molar-refractivity contribution in [1.29, 1.82) is 0 Å². The van der Waals surface area contributed by atoms with Crippen LogP contribution in [0.25, 0.3) is 6.08 Å². The molecule has 0 unspecified atom stereocenters. The van der Waals surface area contributed by atoms with E-state index in [2.05, 4.69) is 5.32 Å². The lowest BCUT2D eigenvalue weighted by Gasteiger charge is -2.21. The maximum absolute atomic E-state index is 10.5. The first-order valence-electron chi connectivity index (χ1n) is 5.81. The molecule has 0 aromatic heterocycles. The Morgan fingerprint density at radius 1 is 1.11 bits per heavy atom. The maximum atomic E-state index is 10.5. The molecule has 0 atom stereocenters. The topological polar surface area (TPSA) is 58.6 Å². The van der Waals surface area contributed by atoms with E-state index in [4.69, 9.17) is 9.84 Å². The molecule has 1 heterocycles. The number of nitrogens with one attached hydrogen (secondary N) is 1. The van der Waals surface area contributed by atoms with Gasteiger partial charge in [0.15, 0.2) is 11.5 Å². The lowest BCUT2D eigenvalue weighted by atomic mass is 10.1. The van der Waals surface area contributed by atoms with E-state index in [9.17, 15) is 4.79 Å². The van der Waals surface area contributed by atoms with Gasteiger partial charge in [-0.15, -0.1) is 0 Å². The van der Waals surface area contributed by atoms with Crippen molar-refractivity contribution in [2.24, 2.45) is 0 Å². The molecule has 0 amide bonds. The Labute approximate surface area is 110 Å². The van der Waals surface area contributed by atoms with Crippen molar-refractivity contribution >= 4 is 23.4 Å². The molecule has 4 nitrogen and oxygen atoms in total. The Morgan fingerprint density at radius 3 is 2.74 bits per heavy atom. The summed E-state index contributed by atoms with van der Waals surface area (Å²) in [5.74, 6) is 0.544. The lowest BCUT2D eigenvalue weighted by molar-refractivity contribution is -0.131. The van der Waals surface area contributed by atoms with Crippen LogP contribution in [0.15, 0.2) is 48.5 Å². The molecule has 19 heavy (non-hydrogen) atoms. The molecule has 3 rings (SSSR count). The SMILES string of the molecule is O=C(O)/C=C/c1ccc2c(c1)Nc1ccccc1O2. The van der Waals surface area contributed by atoms with E-state index >= 15 is 0 Å². The second kappa shape index (κ2) is 4.49. The van der Waals surface area contributed by atoms with E-state index in [1.54, 1.807) is 6.08 Å². The molecule has 2 aromatic rings. The first kappa shape index (κ1) is 11.3. The normalized spacial score (nSPS) is 12.2. The van der Waals surface area contributed by atoms with Gasteiger partial charge in [-0.3, -0.25) is 0 Å². The quantitative estimate of drug-likeness (QED) is 0.684. The Kier molecular flexibility index (Phi) is 2.68. The smallest absolute Gasteiger partial charge is 0.328 e. The number of benzene rings is 2.